The number of alkyl halides is 3. The molecule has 2 aliphatic rings. The van der Waals surface area contributed by atoms with Crippen LogP contribution in [-0.4, -0.2) is 50.4 Å². The second kappa shape index (κ2) is 10.3. The van der Waals surface area contributed by atoms with Crippen molar-refractivity contribution in [1.29, 1.82) is 4.78 Å². The van der Waals surface area contributed by atoms with Gasteiger partial charge in [-0.2, -0.15) is 13.2 Å². The molecule has 1 aliphatic carbocycles. The van der Waals surface area contributed by atoms with Crippen molar-refractivity contribution in [2.24, 2.45) is 5.92 Å². The molecule has 6 nitrogen and oxygen atoms in total. The predicted molar refractivity (Wildman–Crippen MR) is 123 cm³/mol. The molecular weight excluding hydrogens is 524 g/mol. The van der Waals surface area contributed by atoms with E-state index in [9.17, 15) is 36.1 Å². The molecule has 2 fully saturated rings. The summed E-state index contributed by atoms with van der Waals surface area (Å²) in [4.78, 5) is 14.5. The van der Waals surface area contributed by atoms with Gasteiger partial charge in [0.2, 0.25) is 15.8 Å². The fourth-order valence-electron chi connectivity index (χ4n) is 5.13. The Hall–Kier alpha value is -2.64. The Bertz CT molecular complexity index is 1270. The summed E-state index contributed by atoms with van der Waals surface area (Å²) in [6, 6.07) is 4.13. The number of aliphatic hydroxyl groups excluding tert-OH is 1. The van der Waals surface area contributed by atoms with Crippen LogP contribution >= 0.6 is 0 Å². The third-order valence-electron chi connectivity index (χ3n) is 6.95. The van der Waals surface area contributed by atoms with Crippen LogP contribution in [0.4, 0.5) is 26.3 Å². The maximum atomic E-state index is 15.5. The number of carbonyl (C=O) groups is 1. The number of carbonyl (C=O) groups excluding carboxylic acids is 1. The molecule has 0 radical (unpaired) electrons. The average Bonchev–Trinajstić information content (AvgIpc) is 3.39. The first-order valence-corrected chi connectivity index (χ1v) is 13.2. The zero-order valence-corrected chi connectivity index (χ0v) is 20.2. The van der Waals surface area contributed by atoms with Gasteiger partial charge in [0.1, 0.15) is 17.5 Å². The van der Waals surface area contributed by atoms with Crippen LogP contribution in [-0.2, 0) is 21.1 Å². The predicted octanol–water partition coefficient (Wildman–Crippen LogP) is 4.52. The first-order chi connectivity index (χ1) is 17.3. The number of halogens is 6. The van der Waals surface area contributed by atoms with E-state index in [1.165, 1.54) is 23.1 Å². The summed E-state index contributed by atoms with van der Waals surface area (Å²) in [6.45, 7) is -0.0474. The molecule has 5 atom stereocenters. The van der Waals surface area contributed by atoms with Gasteiger partial charge in [-0.05, 0) is 55.4 Å². The zero-order chi connectivity index (χ0) is 27.1. The minimum absolute atomic E-state index is 0.0471. The van der Waals surface area contributed by atoms with Crippen LogP contribution in [0.3, 0.4) is 0 Å². The molecule has 1 amide bonds. The molecule has 202 valence electrons. The summed E-state index contributed by atoms with van der Waals surface area (Å²) in [6.07, 6.45) is 0.0464. The lowest BCUT2D eigenvalue weighted by Crippen LogP contribution is -2.51. The van der Waals surface area contributed by atoms with E-state index >= 15 is 4.39 Å². The monoisotopic (exact) mass is 549 g/mol. The molecule has 1 aliphatic heterocycles. The van der Waals surface area contributed by atoms with Gasteiger partial charge >= 0.3 is 5.51 Å². The maximum Gasteiger partial charge on any atom is 0.492 e. The number of amides is 1. The largest absolute Gasteiger partial charge is 0.492 e. The number of aliphatic hydroxyl groups is 1. The molecule has 3 N–H and O–H groups in total. The number of nitrogens with zero attached hydrogens (tertiary/aromatic N) is 1. The van der Waals surface area contributed by atoms with Gasteiger partial charge in [-0.3, -0.25) is 4.79 Å². The molecule has 0 bridgehead atoms. The highest BCUT2D eigenvalue weighted by atomic mass is 32.2. The smallest absolute Gasteiger partial charge is 0.392 e. The standard InChI is InChI=1S/C24H25F6N3O3S/c25-15-9-14(10-16(26)12-15)17-4-1-3-13(22(17)27)11-20-19(32-37(31,36)24(28,29)30)7-8-33(20)23(35)18-5-2-6-21(18)34/h1,3-4,9-10,12,18-21,34H,2,5-8,11H2,(H2,31,32,36)/t18-,19+,20+,21-,37?/m1/s1. The van der Waals surface area contributed by atoms with Crippen LogP contribution in [0.25, 0.3) is 11.1 Å². The van der Waals surface area contributed by atoms with Crippen LogP contribution in [0.1, 0.15) is 31.2 Å². The molecule has 37 heavy (non-hydrogen) atoms. The van der Waals surface area contributed by atoms with E-state index in [2.05, 4.69) is 0 Å². The normalized spacial score (nSPS) is 25.9. The van der Waals surface area contributed by atoms with E-state index in [0.29, 0.717) is 25.3 Å². The Morgan fingerprint density at radius 1 is 1.11 bits per heavy atom. The molecule has 1 saturated carbocycles. The van der Waals surface area contributed by atoms with Crippen LogP contribution in [0.5, 0.6) is 0 Å². The Morgan fingerprint density at radius 3 is 2.38 bits per heavy atom. The lowest BCUT2D eigenvalue weighted by molar-refractivity contribution is -0.139. The van der Waals surface area contributed by atoms with Crippen LogP contribution < -0.4 is 4.72 Å². The molecule has 4 rings (SSSR count). The first kappa shape index (κ1) is 27.4. The Balaban J connectivity index is 1.69. The van der Waals surface area contributed by atoms with Crippen LogP contribution in [0.15, 0.2) is 36.4 Å². The summed E-state index contributed by atoms with van der Waals surface area (Å²) < 4.78 is 104. The van der Waals surface area contributed by atoms with Crippen molar-refractivity contribution in [3.05, 3.63) is 59.4 Å². The van der Waals surface area contributed by atoms with Gasteiger partial charge in [-0.1, -0.05) is 18.2 Å². The summed E-state index contributed by atoms with van der Waals surface area (Å²) in [5.41, 5.74) is -5.66. The zero-order valence-electron chi connectivity index (χ0n) is 19.4. The minimum atomic E-state index is -5.37. The minimum Gasteiger partial charge on any atom is -0.392 e. The summed E-state index contributed by atoms with van der Waals surface area (Å²) in [5.74, 6) is -4.01. The molecule has 0 spiro atoms. The van der Waals surface area contributed by atoms with Gasteiger partial charge in [0, 0.05) is 24.2 Å². The lowest BCUT2D eigenvalue weighted by Gasteiger charge is -2.32. The van der Waals surface area contributed by atoms with E-state index in [-0.39, 0.29) is 36.1 Å². The van der Waals surface area contributed by atoms with E-state index in [4.69, 9.17) is 4.78 Å². The van der Waals surface area contributed by atoms with Crippen molar-refractivity contribution < 1.29 is 40.5 Å². The quantitative estimate of drug-likeness (QED) is 0.463. The Morgan fingerprint density at radius 2 is 1.78 bits per heavy atom. The van der Waals surface area contributed by atoms with Gasteiger partial charge in [0.05, 0.1) is 18.1 Å². The van der Waals surface area contributed by atoms with Gasteiger partial charge < -0.3 is 10.0 Å². The van der Waals surface area contributed by atoms with E-state index < -0.39 is 62.9 Å². The number of benzene rings is 2. The van der Waals surface area contributed by atoms with Crippen LogP contribution in [0, 0.1) is 28.1 Å². The van der Waals surface area contributed by atoms with Gasteiger partial charge in [0.15, 0.2) is 0 Å². The second-order valence-electron chi connectivity index (χ2n) is 9.36. The van der Waals surface area contributed by atoms with E-state index in [1.807, 2.05) is 4.72 Å². The first-order valence-electron chi connectivity index (χ1n) is 11.6. The van der Waals surface area contributed by atoms with Crippen molar-refractivity contribution in [1.82, 2.24) is 9.62 Å². The van der Waals surface area contributed by atoms with Crippen molar-refractivity contribution >= 4 is 15.8 Å². The molecule has 1 heterocycles. The number of rotatable bonds is 6. The second-order valence-corrected chi connectivity index (χ2v) is 11.2. The number of hydrogen-bond donors (Lipinski definition) is 3. The van der Waals surface area contributed by atoms with E-state index in [1.54, 1.807) is 0 Å². The molecule has 1 saturated heterocycles. The number of hydrogen-bond acceptors (Lipinski definition) is 4. The highest BCUT2D eigenvalue weighted by Gasteiger charge is 2.48. The Labute approximate surface area is 209 Å². The number of nitrogens with one attached hydrogen (secondary N) is 2. The number of likely N-dealkylation sites (tertiary alicyclic amines) is 1. The highest BCUT2D eigenvalue weighted by molar-refractivity contribution is 7.91. The third kappa shape index (κ3) is 5.63. The molecule has 13 heteroatoms. The van der Waals surface area contributed by atoms with Crippen molar-refractivity contribution in [2.75, 3.05) is 6.54 Å². The summed E-state index contributed by atoms with van der Waals surface area (Å²) >= 11 is 0. The van der Waals surface area contributed by atoms with Crippen molar-refractivity contribution in [2.45, 2.75) is 55.8 Å². The van der Waals surface area contributed by atoms with Gasteiger partial charge in [-0.25, -0.2) is 26.9 Å². The van der Waals surface area contributed by atoms with Crippen molar-refractivity contribution in [3.8, 4) is 11.1 Å². The Kier molecular flexibility index (Phi) is 7.59. The molecule has 0 aromatic heterocycles. The SMILES string of the molecule is N=S(=O)(N[C@H]1CCN(C(=O)[C@@H]2CCC[C@H]2O)[C@H]1Cc1cccc(-c2cc(F)cc(F)c2)c1F)C(F)(F)F. The van der Waals surface area contributed by atoms with E-state index in [0.717, 1.165) is 12.1 Å². The summed E-state index contributed by atoms with van der Waals surface area (Å²) in [5, 5.41) is 10.2. The van der Waals surface area contributed by atoms with Gasteiger partial charge in [0.25, 0.3) is 0 Å². The lowest BCUT2D eigenvalue weighted by atomic mass is 9.95. The molecule has 2 aromatic rings. The fraction of sp³-hybridized carbons (Fsp3) is 0.458. The summed E-state index contributed by atoms with van der Waals surface area (Å²) in [7, 11) is -5.27. The van der Waals surface area contributed by atoms with Gasteiger partial charge in [-0.15, -0.1) is 0 Å². The van der Waals surface area contributed by atoms with Crippen molar-refractivity contribution in [3.63, 3.8) is 0 Å². The average molecular weight is 550 g/mol. The van der Waals surface area contributed by atoms with Crippen LogP contribution in [0.2, 0.25) is 0 Å². The molecular formula is C24H25F6N3O3S. The maximum absolute atomic E-state index is 15.5. The fourth-order valence-corrected chi connectivity index (χ4v) is 5.97. The molecule has 2 aromatic carbocycles. The third-order valence-corrected chi connectivity index (χ3v) is 8.24. The topological polar surface area (TPSA) is 93.5 Å². The molecule has 1 unspecified atom stereocenters. The highest BCUT2D eigenvalue weighted by Crippen LogP contribution is 2.34.